The van der Waals surface area contributed by atoms with Gasteiger partial charge in [0.15, 0.2) is 0 Å². The average Bonchev–Trinajstić information content (AvgIpc) is 2.31. The Labute approximate surface area is 128 Å². The first-order valence-corrected chi connectivity index (χ1v) is 6.84. The van der Waals surface area contributed by atoms with E-state index in [1.54, 1.807) is 39.0 Å². The lowest BCUT2D eigenvalue weighted by Crippen LogP contribution is -2.37. The zero-order chi connectivity index (χ0) is 15.3. The molecule has 0 unspecified atom stereocenters. The molecule has 1 aromatic rings. The van der Waals surface area contributed by atoms with Gasteiger partial charge < -0.3 is 9.53 Å². The maximum atomic E-state index is 12.0. The summed E-state index contributed by atoms with van der Waals surface area (Å²) in [5.41, 5.74) is 0.0305. The number of benzene rings is 1. The van der Waals surface area contributed by atoms with Gasteiger partial charge in [-0.1, -0.05) is 23.2 Å². The predicted octanol–water partition coefficient (Wildman–Crippen LogP) is 3.93. The number of amides is 1. The molecule has 0 N–H and O–H groups in total. The topological polar surface area (TPSA) is 46.6 Å². The van der Waals surface area contributed by atoms with Crippen LogP contribution in [0.2, 0.25) is 10.0 Å². The molecule has 0 aliphatic carbocycles. The third kappa shape index (κ3) is 5.39. The molecule has 1 amide bonds. The van der Waals surface area contributed by atoms with E-state index in [2.05, 4.69) is 0 Å². The van der Waals surface area contributed by atoms with Gasteiger partial charge >= 0.3 is 6.09 Å². The molecule has 0 heterocycles. The molecule has 0 radical (unpaired) electrons. The molecular formula is C14H17Cl2NO3. The standard InChI is InChI=1S/C14H17Cl2NO3/c1-14(2,3)20-13(19)17(6-7-18)9-10-8-11(15)4-5-12(10)16/h4-5,7-8H,6,9H2,1-3H3. The number of halogens is 2. The second-order valence-corrected chi connectivity index (χ2v) is 6.11. The summed E-state index contributed by atoms with van der Waals surface area (Å²) in [7, 11) is 0. The van der Waals surface area contributed by atoms with Gasteiger partial charge in [-0.05, 0) is 44.5 Å². The Bertz CT molecular complexity index is 498. The van der Waals surface area contributed by atoms with E-state index >= 15 is 0 Å². The fourth-order valence-electron chi connectivity index (χ4n) is 1.49. The molecule has 0 aliphatic heterocycles. The summed E-state index contributed by atoms with van der Waals surface area (Å²) < 4.78 is 5.25. The molecule has 1 aromatic carbocycles. The first kappa shape index (κ1) is 16.8. The van der Waals surface area contributed by atoms with Crippen molar-refractivity contribution in [1.29, 1.82) is 0 Å². The summed E-state index contributed by atoms with van der Waals surface area (Å²) in [5, 5.41) is 0.994. The molecule has 0 aromatic heterocycles. The van der Waals surface area contributed by atoms with Crippen LogP contribution < -0.4 is 0 Å². The van der Waals surface area contributed by atoms with Gasteiger partial charge in [-0.3, -0.25) is 4.90 Å². The minimum Gasteiger partial charge on any atom is -0.444 e. The minimum atomic E-state index is -0.629. The lowest BCUT2D eigenvalue weighted by atomic mass is 10.2. The maximum Gasteiger partial charge on any atom is 0.410 e. The second kappa shape index (κ2) is 6.95. The molecule has 0 saturated carbocycles. The van der Waals surface area contributed by atoms with Crippen molar-refractivity contribution in [1.82, 2.24) is 4.90 Å². The van der Waals surface area contributed by atoms with Gasteiger partial charge in [0.1, 0.15) is 11.9 Å². The lowest BCUT2D eigenvalue weighted by molar-refractivity contribution is -0.109. The zero-order valence-electron chi connectivity index (χ0n) is 11.7. The number of nitrogens with zero attached hydrogens (tertiary/aromatic N) is 1. The molecule has 0 saturated heterocycles. The molecule has 110 valence electrons. The van der Waals surface area contributed by atoms with E-state index in [1.807, 2.05) is 0 Å². The van der Waals surface area contributed by atoms with Crippen molar-refractivity contribution in [3.63, 3.8) is 0 Å². The van der Waals surface area contributed by atoms with Crippen LogP contribution in [0, 0.1) is 0 Å². The van der Waals surface area contributed by atoms with Gasteiger partial charge in [0.2, 0.25) is 0 Å². The summed E-state index contributed by atoms with van der Waals surface area (Å²) in [4.78, 5) is 24.0. The summed E-state index contributed by atoms with van der Waals surface area (Å²) in [6.45, 7) is 5.37. The third-order valence-corrected chi connectivity index (χ3v) is 2.92. The largest absolute Gasteiger partial charge is 0.444 e. The Morgan fingerprint density at radius 1 is 1.35 bits per heavy atom. The van der Waals surface area contributed by atoms with Crippen LogP contribution >= 0.6 is 23.2 Å². The van der Waals surface area contributed by atoms with E-state index in [4.69, 9.17) is 27.9 Å². The molecule has 20 heavy (non-hydrogen) atoms. The quantitative estimate of drug-likeness (QED) is 0.790. The van der Waals surface area contributed by atoms with Gasteiger partial charge in [-0.2, -0.15) is 0 Å². The van der Waals surface area contributed by atoms with Gasteiger partial charge in [0.25, 0.3) is 0 Å². The van der Waals surface area contributed by atoms with E-state index in [1.165, 1.54) is 4.90 Å². The summed E-state index contributed by atoms with van der Waals surface area (Å²) in [6, 6.07) is 4.96. The van der Waals surface area contributed by atoms with Gasteiger partial charge in [-0.15, -0.1) is 0 Å². The third-order valence-electron chi connectivity index (χ3n) is 2.32. The Morgan fingerprint density at radius 3 is 2.55 bits per heavy atom. The summed E-state index contributed by atoms with van der Waals surface area (Å²) in [5.74, 6) is 0. The number of hydrogen-bond donors (Lipinski definition) is 0. The van der Waals surface area contributed by atoms with Crippen molar-refractivity contribution in [2.45, 2.75) is 32.9 Å². The van der Waals surface area contributed by atoms with Crippen LogP contribution in [0.15, 0.2) is 18.2 Å². The van der Waals surface area contributed by atoms with Gasteiger partial charge in [0, 0.05) is 10.0 Å². The van der Waals surface area contributed by atoms with E-state index in [9.17, 15) is 9.59 Å². The maximum absolute atomic E-state index is 12.0. The first-order chi connectivity index (χ1) is 9.23. The molecule has 4 nitrogen and oxygen atoms in total. The number of carbonyl (C=O) groups excluding carboxylic acids is 2. The Kier molecular flexibility index (Phi) is 5.84. The van der Waals surface area contributed by atoms with Crippen molar-refractivity contribution in [2.24, 2.45) is 0 Å². The van der Waals surface area contributed by atoms with E-state index in [-0.39, 0.29) is 13.1 Å². The molecule has 0 fully saturated rings. The zero-order valence-corrected chi connectivity index (χ0v) is 13.2. The number of aldehydes is 1. The Hall–Kier alpha value is -1.26. The number of hydrogen-bond acceptors (Lipinski definition) is 3. The second-order valence-electron chi connectivity index (χ2n) is 5.26. The smallest absolute Gasteiger partial charge is 0.410 e. The van der Waals surface area contributed by atoms with Crippen LogP contribution in [0.5, 0.6) is 0 Å². The van der Waals surface area contributed by atoms with Crippen LogP contribution in [0.4, 0.5) is 4.79 Å². The van der Waals surface area contributed by atoms with Crippen molar-refractivity contribution in [3.8, 4) is 0 Å². The summed E-state index contributed by atoms with van der Waals surface area (Å²) >= 11 is 12.0. The number of rotatable bonds is 4. The van der Waals surface area contributed by atoms with Crippen LogP contribution in [0.25, 0.3) is 0 Å². The van der Waals surface area contributed by atoms with Crippen molar-refractivity contribution < 1.29 is 14.3 Å². The molecule has 0 spiro atoms. The van der Waals surface area contributed by atoms with Crippen LogP contribution in [-0.4, -0.2) is 29.4 Å². The Balaban J connectivity index is 2.89. The monoisotopic (exact) mass is 317 g/mol. The molecule has 6 heteroatoms. The first-order valence-electron chi connectivity index (χ1n) is 6.08. The fraction of sp³-hybridized carbons (Fsp3) is 0.429. The lowest BCUT2D eigenvalue weighted by Gasteiger charge is -2.26. The molecule has 1 rings (SSSR count). The predicted molar refractivity (Wildman–Crippen MR) is 79.2 cm³/mol. The van der Waals surface area contributed by atoms with Crippen LogP contribution in [-0.2, 0) is 16.1 Å². The number of ether oxygens (including phenoxy) is 1. The van der Waals surface area contributed by atoms with Crippen molar-refractivity contribution in [2.75, 3.05) is 6.54 Å². The van der Waals surface area contributed by atoms with Gasteiger partial charge in [-0.25, -0.2) is 4.79 Å². The fourth-order valence-corrected chi connectivity index (χ4v) is 1.86. The van der Waals surface area contributed by atoms with E-state index < -0.39 is 11.7 Å². The molecule has 0 bridgehead atoms. The van der Waals surface area contributed by atoms with Crippen LogP contribution in [0.1, 0.15) is 26.3 Å². The Morgan fingerprint density at radius 2 is 2.00 bits per heavy atom. The van der Waals surface area contributed by atoms with Crippen LogP contribution in [0.3, 0.4) is 0 Å². The van der Waals surface area contributed by atoms with Gasteiger partial charge in [0.05, 0.1) is 13.1 Å². The summed E-state index contributed by atoms with van der Waals surface area (Å²) in [6.07, 6.45) is 0.0724. The van der Waals surface area contributed by atoms with E-state index in [0.717, 1.165) is 0 Å². The molecule has 0 atom stereocenters. The highest BCUT2D eigenvalue weighted by atomic mass is 35.5. The average molecular weight is 318 g/mol. The highest BCUT2D eigenvalue weighted by Crippen LogP contribution is 2.22. The number of carbonyl (C=O) groups is 2. The highest BCUT2D eigenvalue weighted by Gasteiger charge is 2.22. The molecule has 0 aliphatic rings. The molecular weight excluding hydrogens is 301 g/mol. The minimum absolute atomic E-state index is 0.0717. The van der Waals surface area contributed by atoms with E-state index in [0.29, 0.717) is 21.9 Å². The SMILES string of the molecule is CC(C)(C)OC(=O)N(CC=O)Cc1cc(Cl)ccc1Cl. The normalized spacial score (nSPS) is 11.1. The van der Waals surface area contributed by atoms with Crippen molar-refractivity contribution >= 4 is 35.6 Å². The highest BCUT2D eigenvalue weighted by molar-refractivity contribution is 6.33. The van der Waals surface area contributed by atoms with Crippen molar-refractivity contribution in [3.05, 3.63) is 33.8 Å².